The predicted octanol–water partition coefficient (Wildman–Crippen LogP) is 3.28. The quantitative estimate of drug-likeness (QED) is 0.741. The molecule has 11 heteroatoms. The van der Waals surface area contributed by atoms with E-state index in [9.17, 15) is 26.4 Å². The zero-order valence-corrected chi connectivity index (χ0v) is 17.2. The molecule has 1 aliphatic rings. The first-order chi connectivity index (χ1) is 14.1. The molecule has 0 aliphatic carbocycles. The highest BCUT2D eigenvalue weighted by Crippen LogP contribution is 2.36. The first kappa shape index (κ1) is 22.3. The number of piperidine rings is 1. The van der Waals surface area contributed by atoms with Crippen LogP contribution in [0.5, 0.6) is 0 Å². The van der Waals surface area contributed by atoms with Crippen molar-refractivity contribution in [1.82, 2.24) is 14.1 Å². The maximum absolute atomic E-state index is 13.6. The first-order valence-electron chi connectivity index (χ1n) is 9.62. The molecule has 1 fully saturated rings. The average Bonchev–Trinajstić information content (AvgIpc) is 3.22. The van der Waals surface area contributed by atoms with E-state index in [0.717, 1.165) is 6.07 Å². The molecule has 7 nitrogen and oxygen atoms in total. The Bertz CT molecular complexity index is 991. The van der Waals surface area contributed by atoms with E-state index in [1.807, 2.05) is 0 Å². The first-order valence-corrected chi connectivity index (χ1v) is 11.2. The number of hydrogen-bond acceptors (Lipinski definition) is 4. The second kappa shape index (κ2) is 8.76. The molecule has 1 amide bonds. The van der Waals surface area contributed by atoms with Crippen molar-refractivity contribution in [3.63, 3.8) is 0 Å². The van der Waals surface area contributed by atoms with E-state index in [1.54, 1.807) is 13.0 Å². The molecule has 0 spiro atoms. The molecule has 1 saturated heterocycles. The lowest BCUT2D eigenvalue weighted by Crippen LogP contribution is -2.44. The van der Waals surface area contributed by atoms with Crippen LogP contribution >= 0.6 is 0 Å². The zero-order chi connectivity index (χ0) is 21.9. The van der Waals surface area contributed by atoms with Crippen molar-refractivity contribution in [2.75, 3.05) is 24.2 Å². The third-order valence-electron chi connectivity index (χ3n) is 4.95. The molecule has 30 heavy (non-hydrogen) atoms. The van der Waals surface area contributed by atoms with Crippen LogP contribution in [0.15, 0.2) is 36.7 Å². The Kier molecular flexibility index (Phi) is 6.51. The number of alkyl halides is 3. The number of anilines is 1. The minimum Gasteiger partial charge on any atom is -0.325 e. The van der Waals surface area contributed by atoms with Crippen molar-refractivity contribution in [2.24, 2.45) is 5.92 Å². The largest absolute Gasteiger partial charge is 0.418 e. The summed E-state index contributed by atoms with van der Waals surface area (Å²) >= 11 is 0. The molecule has 1 aliphatic heterocycles. The summed E-state index contributed by atoms with van der Waals surface area (Å²) in [6.07, 6.45) is -0.379. The fraction of sp³-hybridized carbons (Fsp3) is 0.474. The van der Waals surface area contributed by atoms with Gasteiger partial charge in [-0.3, -0.25) is 4.79 Å². The summed E-state index contributed by atoms with van der Waals surface area (Å²) in [6, 6.07) is 5.12. The van der Waals surface area contributed by atoms with Gasteiger partial charge in [0.1, 0.15) is 0 Å². The van der Waals surface area contributed by atoms with Gasteiger partial charge in [-0.05, 0) is 43.5 Å². The third kappa shape index (κ3) is 5.01. The van der Waals surface area contributed by atoms with E-state index in [2.05, 4.69) is 10.4 Å². The van der Waals surface area contributed by atoms with Crippen LogP contribution in [0.4, 0.5) is 18.9 Å². The van der Waals surface area contributed by atoms with Crippen molar-refractivity contribution >= 4 is 21.6 Å². The number of carbonyl (C=O) groups is 1. The SMILES string of the molecule is CCCS(=O)(=O)N1CCCC(C(=O)Nc2ccc(-n3cccn3)cc2C(F)(F)F)C1. The fourth-order valence-corrected chi connectivity index (χ4v) is 5.06. The minimum absolute atomic E-state index is 0.0194. The van der Waals surface area contributed by atoms with Gasteiger partial charge in [0.15, 0.2) is 0 Å². The molecule has 164 valence electrons. The normalized spacial score (nSPS) is 18.3. The second-order valence-corrected chi connectivity index (χ2v) is 9.27. The molecule has 1 atom stereocenters. The maximum Gasteiger partial charge on any atom is 0.418 e. The van der Waals surface area contributed by atoms with Crippen LogP contribution in [0.1, 0.15) is 31.7 Å². The lowest BCUT2D eigenvalue weighted by molar-refractivity contribution is -0.137. The summed E-state index contributed by atoms with van der Waals surface area (Å²) in [5.74, 6) is -1.35. The molecule has 1 unspecified atom stereocenters. The zero-order valence-electron chi connectivity index (χ0n) is 16.4. The molecule has 1 aromatic carbocycles. The van der Waals surface area contributed by atoms with Crippen LogP contribution in [0.25, 0.3) is 5.69 Å². The molecule has 0 bridgehead atoms. The molecular formula is C19H23F3N4O3S. The van der Waals surface area contributed by atoms with E-state index in [0.29, 0.717) is 25.8 Å². The van der Waals surface area contributed by atoms with Gasteiger partial charge in [0, 0.05) is 25.5 Å². The van der Waals surface area contributed by atoms with Gasteiger partial charge in [-0.25, -0.2) is 17.4 Å². The molecular weight excluding hydrogens is 421 g/mol. The topological polar surface area (TPSA) is 84.3 Å². The summed E-state index contributed by atoms with van der Waals surface area (Å²) in [4.78, 5) is 12.7. The summed E-state index contributed by atoms with van der Waals surface area (Å²) in [5.41, 5.74) is -1.15. The van der Waals surface area contributed by atoms with Gasteiger partial charge in [0.05, 0.1) is 28.6 Å². The van der Waals surface area contributed by atoms with Gasteiger partial charge in [-0.1, -0.05) is 6.92 Å². The number of halogens is 3. The lowest BCUT2D eigenvalue weighted by Gasteiger charge is -2.31. The number of hydrogen-bond donors (Lipinski definition) is 1. The summed E-state index contributed by atoms with van der Waals surface area (Å²) < 4.78 is 67.9. The molecule has 2 aromatic rings. The number of sulfonamides is 1. The Morgan fingerprint density at radius 2 is 2.10 bits per heavy atom. The highest BCUT2D eigenvalue weighted by Gasteiger charge is 2.36. The smallest absolute Gasteiger partial charge is 0.325 e. The maximum atomic E-state index is 13.6. The van der Waals surface area contributed by atoms with Crippen LogP contribution < -0.4 is 5.32 Å². The molecule has 1 N–H and O–H groups in total. The number of nitrogens with one attached hydrogen (secondary N) is 1. The Morgan fingerprint density at radius 3 is 2.73 bits per heavy atom. The molecule has 2 heterocycles. The number of rotatable bonds is 6. The van der Waals surface area contributed by atoms with Crippen molar-refractivity contribution in [2.45, 2.75) is 32.4 Å². The van der Waals surface area contributed by atoms with Crippen molar-refractivity contribution in [3.05, 3.63) is 42.2 Å². The highest BCUT2D eigenvalue weighted by atomic mass is 32.2. The van der Waals surface area contributed by atoms with Crippen molar-refractivity contribution in [3.8, 4) is 5.69 Å². The van der Waals surface area contributed by atoms with E-state index in [1.165, 1.54) is 33.5 Å². The van der Waals surface area contributed by atoms with Crippen molar-refractivity contribution in [1.29, 1.82) is 0 Å². The Labute approximate surface area is 172 Å². The van der Waals surface area contributed by atoms with Gasteiger partial charge in [-0.2, -0.15) is 18.3 Å². The molecule has 0 saturated carbocycles. The number of aromatic nitrogens is 2. The van der Waals surface area contributed by atoms with Crippen LogP contribution in [0.3, 0.4) is 0 Å². The summed E-state index contributed by atoms with van der Waals surface area (Å²) in [6.45, 7) is 2.04. The standard InChI is InChI=1S/C19H23F3N4O3S/c1-2-11-30(28,29)25-9-3-5-14(13-25)18(27)24-17-7-6-15(26-10-4-8-23-26)12-16(17)19(20,21)22/h4,6-8,10,12,14H,2-3,5,9,11,13H2,1H3,(H,24,27). The van der Waals surface area contributed by atoms with Gasteiger partial charge in [-0.15, -0.1) is 0 Å². The molecule has 3 rings (SSSR count). The van der Waals surface area contributed by atoms with E-state index < -0.39 is 33.6 Å². The fourth-order valence-electron chi connectivity index (χ4n) is 3.47. The number of amides is 1. The second-order valence-electron chi connectivity index (χ2n) is 7.18. The van der Waals surface area contributed by atoms with E-state index in [4.69, 9.17) is 0 Å². The van der Waals surface area contributed by atoms with Gasteiger partial charge >= 0.3 is 6.18 Å². The van der Waals surface area contributed by atoms with Crippen LogP contribution in [0, 0.1) is 5.92 Å². The molecule has 1 aromatic heterocycles. The third-order valence-corrected chi connectivity index (χ3v) is 6.99. The highest BCUT2D eigenvalue weighted by molar-refractivity contribution is 7.89. The Hall–Kier alpha value is -2.40. The number of carbonyl (C=O) groups excluding carboxylic acids is 1. The minimum atomic E-state index is -4.69. The number of benzene rings is 1. The van der Waals surface area contributed by atoms with Gasteiger partial charge in [0.2, 0.25) is 15.9 Å². The lowest BCUT2D eigenvalue weighted by atomic mass is 9.98. The Morgan fingerprint density at radius 1 is 1.33 bits per heavy atom. The van der Waals surface area contributed by atoms with E-state index in [-0.39, 0.29) is 23.7 Å². The van der Waals surface area contributed by atoms with Crippen LogP contribution in [-0.2, 0) is 21.0 Å². The van der Waals surface area contributed by atoms with Crippen LogP contribution in [-0.4, -0.2) is 47.3 Å². The molecule has 0 radical (unpaired) electrons. The Balaban J connectivity index is 1.80. The summed E-state index contributed by atoms with van der Waals surface area (Å²) in [7, 11) is -3.47. The van der Waals surface area contributed by atoms with E-state index >= 15 is 0 Å². The average molecular weight is 444 g/mol. The predicted molar refractivity (Wildman–Crippen MR) is 106 cm³/mol. The number of nitrogens with zero attached hydrogens (tertiary/aromatic N) is 3. The van der Waals surface area contributed by atoms with Gasteiger partial charge in [0.25, 0.3) is 0 Å². The summed E-state index contributed by atoms with van der Waals surface area (Å²) in [5, 5.41) is 6.27. The van der Waals surface area contributed by atoms with Crippen LogP contribution in [0.2, 0.25) is 0 Å². The monoisotopic (exact) mass is 444 g/mol. The van der Waals surface area contributed by atoms with Crippen molar-refractivity contribution < 1.29 is 26.4 Å². The van der Waals surface area contributed by atoms with Gasteiger partial charge < -0.3 is 5.32 Å².